The number of alkyl halides is 1. The third-order valence-electron chi connectivity index (χ3n) is 8.49. The van der Waals surface area contributed by atoms with Crippen LogP contribution in [0.3, 0.4) is 0 Å². The number of thiazole rings is 1. The van der Waals surface area contributed by atoms with Crippen LogP contribution in [0, 0.1) is 11.6 Å². The number of hydrogen-bond acceptors (Lipinski definition) is 9. The van der Waals surface area contributed by atoms with Gasteiger partial charge in [0.15, 0.2) is 10.9 Å². The van der Waals surface area contributed by atoms with Gasteiger partial charge in [-0.15, -0.1) is 0 Å². The van der Waals surface area contributed by atoms with Gasteiger partial charge in [0.25, 0.3) is 0 Å². The number of rotatable bonds is 5. The number of anilines is 2. The van der Waals surface area contributed by atoms with Gasteiger partial charge in [-0.05, 0) is 50.6 Å². The first-order chi connectivity index (χ1) is 19.8. The number of nitrogen functional groups attached to an aromatic ring is 1. The molecule has 1 unspecified atom stereocenters. The third-order valence-corrected chi connectivity index (χ3v) is 9.69. The number of halogens is 4. The Morgan fingerprint density at radius 3 is 2.88 bits per heavy atom. The van der Waals surface area contributed by atoms with Crippen LogP contribution in [0.2, 0.25) is 5.02 Å². The van der Waals surface area contributed by atoms with E-state index in [-0.39, 0.29) is 44.1 Å². The van der Waals surface area contributed by atoms with Crippen molar-refractivity contribution in [2.24, 2.45) is 0 Å². The van der Waals surface area contributed by atoms with Gasteiger partial charge in [0.05, 0.1) is 20.8 Å². The predicted octanol–water partition coefficient (Wildman–Crippen LogP) is 5.18. The van der Waals surface area contributed by atoms with Crippen molar-refractivity contribution in [1.29, 1.82) is 0 Å². The fourth-order valence-corrected chi connectivity index (χ4v) is 7.67. The van der Waals surface area contributed by atoms with Crippen LogP contribution < -0.4 is 20.7 Å². The van der Waals surface area contributed by atoms with Crippen molar-refractivity contribution in [3.8, 4) is 17.1 Å². The minimum Gasteiger partial charge on any atom is -0.461 e. The Balaban J connectivity index is 1.37. The van der Waals surface area contributed by atoms with E-state index in [1.807, 2.05) is 0 Å². The minimum atomic E-state index is -0.897. The van der Waals surface area contributed by atoms with Gasteiger partial charge in [-0.25, -0.2) is 18.2 Å². The lowest BCUT2D eigenvalue weighted by molar-refractivity contribution is 0.107. The summed E-state index contributed by atoms with van der Waals surface area (Å²) >= 11 is 7.74. The van der Waals surface area contributed by atoms with E-state index < -0.39 is 23.3 Å². The lowest BCUT2D eigenvalue weighted by atomic mass is 9.95. The Morgan fingerprint density at radius 1 is 1.12 bits per heavy atom. The molecule has 3 saturated heterocycles. The fourth-order valence-electron chi connectivity index (χ4n) is 6.61. The third kappa shape index (κ3) is 4.65. The molecule has 2 aromatic carbocycles. The second-order valence-electron chi connectivity index (χ2n) is 11.1. The molecule has 41 heavy (non-hydrogen) atoms. The van der Waals surface area contributed by atoms with E-state index in [0.29, 0.717) is 42.8 Å². The smallest absolute Gasteiger partial charge is 0.319 e. The SMILES string of the molecule is Nc1nc2c(-c3c(Cl)cc4c(N5CCCNCC5)nc(OCC56CCCN5C[C@H](F)C6)nc4c3F)ccc(F)c2s1. The summed E-state index contributed by atoms with van der Waals surface area (Å²) in [7, 11) is 0. The molecule has 3 N–H and O–H groups in total. The molecular weight excluding hydrogens is 575 g/mol. The summed E-state index contributed by atoms with van der Waals surface area (Å²) < 4.78 is 51.9. The van der Waals surface area contributed by atoms with Crippen LogP contribution in [0.5, 0.6) is 6.01 Å². The van der Waals surface area contributed by atoms with E-state index >= 15 is 4.39 Å². The molecule has 8 nitrogen and oxygen atoms in total. The summed E-state index contributed by atoms with van der Waals surface area (Å²) in [5, 5.41) is 4.12. The van der Waals surface area contributed by atoms with Gasteiger partial charge < -0.3 is 20.7 Å². The Morgan fingerprint density at radius 2 is 2.00 bits per heavy atom. The van der Waals surface area contributed by atoms with Gasteiger partial charge in [0.1, 0.15) is 29.9 Å². The zero-order valence-corrected chi connectivity index (χ0v) is 23.8. The maximum Gasteiger partial charge on any atom is 0.319 e. The molecule has 216 valence electrons. The number of fused-ring (bicyclic) bond motifs is 3. The van der Waals surface area contributed by atoms with Crippen molar-refractivity contribution in [3.63, 3.8) is 0 Å². The monoisotopic (exact) mass is 603 g/mol. The van der Waals surface area contributed by atoms with Crippen molar-refractivity contribution in [3.05, 3.63) is 34.9 Å². The predicted molar refractivity (Wildman–Crippen MR) is 156 cm³/mol. The molecule has 7 rings (SSSR count). The van der Waals surface area contributed by atoms with Crippen LogP contribution in [0.15, 0.2) is 18.2 Å². The molecule has 3 aliphatic rings. The molecule has 5 heterocycles. The first-order valence-electron chi connectivity index (χ1n) is 13.9. The van der Waals surface area contributed by atoms with Crippen molar-refractivity contribution in [1.82, 2.24) is 25.2 Å². The fraction of sp³-hybridized carbons (Fsp3) is 0.464. The Hall–Kier alpha value is -2.93. The van der Waals surface area contributed by atoms with E-state index in [1.54, 1.807) is 6.07 Å². The van der Waals surface area contributed by atoms with E-state index in [0.717, 1.165) is 50.2 Å². The average Bonchev–Trinajstić information content (AvgIpc) is 3.52. The summed E-state index contributed by atoms with van der Waals surface area (Å²) in [5.74, 6) is -0.648. The standard InChI is InChI=1S/C28H29ClF3N7OS/c29-18-11-17-22(21(32)20(18)16-3-4-19(31)24-23(16)35-26(33)41-24)36-27(37-25(17)38-8-2-6-34-7-10-38)40-14-28-5-1-9-39(28)13-15(30)12-28/h3-4,11,15,34H,1-2,5-10,12-14H2,(H2,33,35)/t15-,28?/m1/s1. The van der Waals surface area contributed by atoms with Gasteiger partial charge in [0, 0.05) is 49.1 Å². The Bertz CT molecular complexity index is 1650. The average molecular weight is 604 g/mol. The van der Waals surface area contributed by atoms with Gasteiger partial charge in [-0.2, -0.15) is 9.97 Å². The molecule has 2 aromatic heterocycles. The molecular formula is C28H29ClF3N7OS. The van der Waals surface area contributed by atoms with E-state index in [4.69, 9.17) is 27.1 Å². The van der Waals surface area contributed by atoms with Gasteiger partial charge in [-0.1, -0.05) is 22.9 Å². The lowest BCUT2D eigenvalue weighted by Gasteiger charge is -2.31. The molecule has 0 saturated carbocycles. The van der Waals surface area contributed by atoms with Gasteiger partial charge in [-0.3, -0.25) is 4.90 Å². The summed E-state index contributed by atoms with van der Waals surface area (Å²) in [4.78, 5) is 17.8. The normalized spacial score (nSPS) is 23.4. The number of nitrogens with two attached hydrogens (primary N) is 1. The largest absolute Gasteiger partial charge is 0.461 e. The Kier molecular flexibility index (Phi) is 6.84. The molecule has 3 aliphatic heterocycles. The van der Waals surface area contributed by atoms with Crippen LogP contribution in [0.25, 0.3) is 32.2 Å². The number of nitrogens with zero attached hydrogens (tertiary/aromatic N) is 5. The van der Waals surface area contributed by atoms with Crippen LogP contribution in [-0.2, 0) is 0 Å². The topological polar surface area (TPSA) is 92.4 Å². The van der Waals surface area contributed by atoms with E-state index in [1.165, 1.54) is 12.1 Å². The zero-order valence-electron chi connectivity index (χ0n) is 22.2. The Labute approximate surface area is 243 Å². The number of ether oxygens (including phenoxy) is 1. The molecule has 0 bridgehead atoms. The highest BCUT2D eigenvalue weighted by Gasteiger charge is 2.49. The maximum atomic E-state index is 16.6. The highest BCUT2D eigenvalue weighted by molar-refractivity contribution is 7.22. The van der Waals surface area contributed by atoms with Gasteiger partial charge >= 0.3 is 6.01 Å². The van der Waals surface area contributed by atoms with Crippen molar-refractivity contribution in [2.45, 2.75) is 37.4 Å². The first-order valence-corrected chi connectivity index (χ1v) is 15.0. The maximum absolute atomic E-state index is 16.6. The summed E-state index contributed by atoms with van der Waals surface area (Å²) in [6.07, 6.45) is 2.19. The van der Waals surface area contributed by atoms with Crippen LogP contribution in [-0.4, -0.2) is 77.4 Å². The van der Waals surface area contributed by atoms with Crippen LogP contribution in [0.4, 0.5) is 24.1 Å². The van der Waals surface area contributed by atoms with E-state index in [9.17, 15) is 8.78 Å². The first kappa shape index (κ1) is 26.9. The number of aromatic nitrogens is 3. The zero-order chi connectivity index (χ0) is 28.3. The lowest BCUT2D eigenvalue weighted by Crippen LogP contribution is -2.43. The van der Waals surface area contributed by atoms with Crippen molar-refractivity contribution < 1.29 is 17.9 Å². The molecule has 2 atom stereocenters. The van der Waals surface area contributed by atoms with Crippen LogP contribution >= 0.6 is 22.9 Å². The van der Waals surface area contributed by atoms with Crippen molar-refractivity contribution in [2.75, 3.05) is 56.5 Å². The highest BCUT2D eigenvalue weighted by atomic mass is 35.5. The minimum absolute atomic E-state index is 0.0302. The second-order valence-corrected chi connectivity index (χ2v) is 12.5. The summed E-state index contributed by atoms with van der Waals surface area (Å²) in [6, 6.07) is 4.39. The summed E-state index contributed by atoms with van der Waals surface area (Å²) in [5.41, 5.74) is 6.12. The molecule has 3 fully saturated rings. The molecule has 0 radical (unpaired) electrons. The summed E-state index contributed by atoms with van der Waals surface area (Å²) in [6.45, 7) is 4.42. The number of nitrogens with one attached hydrogen (secondary N) is 1. The molecule has 0 spiro atoms. The quantitative estimate of drug-likeness (QED) is 0.323. The highest BCUT2D eigenvalue weighted by Crippen LogP contribution is 2.44. The van der Waals surface area contributed by atoms with Gasteiger partial charge in [0.2, 0.25) is 0 Å². The molecule has 0 amide bonds. The molecule has 4 aromatic rings. The van der Waals surface area contributed by atoms with E-state index in [2.05, 4.69) is 25.1 Å². The van der Waals surface area contributed by atoms with Crippen molar-refractivity contribution >= 4 is 55.0 Å². The second kappa shape index (κ2) is 10.4. The number of benzene rings is 2. The number of hydrogen-bond donors (Lipinski definition) is 2. The molecule has 13 heteroatoms. The molecule has 0 aliphatic carbocycles. The van der Waals surface area contributed by atoms with Crippen LogP contribution in [0.1, 0.15) is 25.7 Å².